The van der Waals surface area contributed by atoms with Crippen molar-refractivity contribution < 1.29 is 19.0 Å². The number of nitrogens with one attached hydrogen (secondary N) is 1. The van der Waals surface area contributed by atoms with Gasteiger partial charge in [-0.1, -0.05) is 31.6 Å². The molecule has 0 radical (unpaired) electrons. The van der Waals surface area contributed by atoms with Crippen molar-refractivity contribution in [3.8, 4) is 11.5 Å². The summed E-state index contributed by atoms with van der Waals surface area (Å²) in [6.45, 7) is 8.25. The molecule has 1 aliphatic rings. The van der Waals surface area contributed by atoms with E-state index in [4.69, 9.17) is 4.74 Å². The minimum atomic E-state index is -0.516. The first-order chi connectivity index (χ1) is 15.6. The second-order valence-corrected chi connectivity index (χ2v) is 9.18. The Hall–Kier alpha value is -3.34. The molecule has 2 aromatic rings. The smallest absolute Gasteiger partial charge is 0.255 e. The van der Waals surface area contributed by atoms with E-state index in [-0.39, 0.29) is 22.3 Å². The number of carbonyl (C=O) groups excluding carboxylic acids is 1. The number of methoxy groups -OCH3 is 1. The number of allylic oxidation sites excluding steroid dienone is 5. The van der Waals surface area contributed by atoms with Crippen molar-refractivity contribution in [1.29, 1.82) is 0 Å². The van der Waals surface area contributed by atoms with Crippen molar-refractivity contribution in [1.82, 2.24) is 0 Å². The standard InChI is InChI=1S/C28H32FNO3/c1-18-7-6-16-28(3,4)24(18)15-8-19(2)26(29)23-14-9-20(17-25(23)31)27(32)30-21-10-12-22(33-5)13-11-21/h8-15,17,31H,6-7,16H2,1-5H3,(H,30,32). The highest BCUT2D eigenvalue weighted by molar-refractivity contribution is 6.04. The Morgan fingerprint density at radius 3 is 2.48 bits per heavy atom. The summed E-state index contributed by atoms with van der Waals surface area (Å²) in [6, 6.07) is 11.1. The summed E-state index contributed by atoms with van der Waals surface area (Å²) >= 11 is 0. The number of ether oxygens (including phenoxy) is 1. The van der Waals surface area contributed by atoms with Crippen molar-refractivity contribution in [2.75, 3.05) is 12.4 Å². The molecule has 0 heterocycles. The first kappa shape index (κ1) is 24.3. The van der Waals surface area contributed by atoms with Gasteiger partial charge in [-0.3, -0.25) is 4.79 Å². The molecule has 2 N–H and O–H groups in total. The van der Waals surface area contributed by atoms with E-state index in [1.165, 1.54) is 35.8 Å². The molecule has 0 spiro atoms. The largest absolute Gasteiger partial charge is 0.507 e. The number of benzene rings is 2. The maximum Gasteiger partial charge on any atom is 0.255 e. The Kier molecular flexibility index (Phi) is 7.42. The van der Waals surface area contributed by atoms with Crippen LogP contribution in [0.5, 0.6) is 11.5 Å². The summed E-state index contributed by atoms with van der Waals surface area (Å²) in [5.74, 6) is -0.515. The molecule has 5 heteroatoms. The third-order valence-electron chi connectivity index (χ3n) is 6.23. The Morgan fingerprint density at radius 2 is 1.88 bits per heavy atom. The van der Waals surface area contributed by atoms with Gasteiger partial charge in [0.2, 0.25) is 0 Å². The van der Waals surface area contributed by atoms with Gasteiger partial charge in [-0.05, 0) is 92.1 Å². The zero-order valence-electron chi connectivity index (χ0n) is 20.0. The molecular weight excluding hydrogens is 417 g/mol. The molecule has 0 unspecified atom stereocenters. The van der Waals surface area contributed by atoms with Gasteiger partial charge in [-0.15, -0.1) is 0 Å². The summed E-state index contributed by atoms with van der Waals surface area (Å²) in [5, 5.41) is 13.2. The molecule has 0 fully saturated rings. The Morgan fingerprint density at radius 1 is 1.18 bits per heavy atom. The lowest BCUT2D eigenvalue weighted by Gasteiger charge is -2.33. The average molecular weight is 450 g/mol. The van der Waals surface area contributed by atoms with Crippen LogP contribution in [0.1, 0.15) is 62.9 Å². The second-order valence-electron chi connectivity index (χ2n) is 9.18. The lowest BCUT2D eigenvalue weighted by atomic mass is 9.72. The fraction of sp³-hybridized carbons (Fsp3) is 0.321. The number of anilines is 1. The quantitative estimate of drug-likeness (QED) is 0.451. The van der Waals surface area contributed by atoms with Crippen LogP contribution in [-0.4, -0.2) is 18.1 Å². The zero-order valence-corrected chi connectivity index (χ0v) is 20.0. The van der Waals surface area contributed by atoms with Crippen molar-refractivity contribution in [2.24, 2.45) is 5.41 Å². The highest BCUT2D eigenvalue weighted by Gasteiger charge is 2.26. The van der Waals surface area contributed by atoms with Gasteiger partial charge in [0.1, 0.15) is 17.3 Å². The molecule has 2 aromatic carbocycles. The van der Waals surface area contributed by atoms with Crippen LogP contribution in [0.4, 0.5) is 10.1 Å². The van der Waals surface area contributed by atoms with E-state index >= 15 is 4.39 Å². The first-order valence-electron chi connectivity index (χ1n) is 11.2. The highest BCUT2D eigenvalue weighted by atomic mass is 19.1. The number of hydrogen-bond donors (Lipinski definition) is 2. The molecule has 33 heavy (non-hydrogen) atoms. The minimum Gasteiger partial charge on any atom is -0.507 e. The molecule has 0 saturated heterocycles. The first-order valence-corrected chi connectivity index (χ1v) is 11.2. The van der Waals surface area contributed by atoms with Gasteiger partial charge in [0.25, 0.3) is 5.91 Å². The van der Waals surface area contributed by atoms with E-state index in [2.05, 4.69) is 26.1 Å². The van der Waals surface area contributed by atoms with Crippen LogP contribution in [0.25, 0.3) is 5.83 Å². The predicted molar refractivity (Wildman–Crippen MR) is 132 cm³/mol. The molecule has 174 valence electrons. The predicted octanol–water partition coefficient (Wildman–Crippen LogP) is 7.44. The Labute approximate surface area is 195 Å². The van der Waals surface area contributed by atoms with E-state index < -0.39 is 11.7 Å². The number of carbonyl (C=O) groups is 1. The second kappa shape index (κ2) is 10.1. The number of phenolic OH excluding ortho intramolecular Hbond substituents is 1. The van der Waals surface area contributed by atoms with Crippen molar-refractivity contribution in [3.63, 3.8) is 0 Å². The van der Waals surface area contributed by atoms with Gasteiger partial charge in [-0.2, -0.15) is 0 Å². The van der Waals surface area contributed by atoms with E-state index in [0.717, 1.165) is 12.8 Å². The number of rotatable bonds is 6. The zero-order chi connectivity index (χ0) is 24.2. The number of amides is 1. The SMILES string of the molecule is COc1ccc(NC(=O)c2ccc(C(F)=C(C)C=CC3=C(C)CCCC3(C)C)c(O)c2)cc1. The Balaban J connectivity index is 1.79. The monoisotopic (exact) mass is 449 g/mol. The number of hydrogen-bond acceptors (Lipinski definition) is 3. The van der Waals surface area contributed by atoms with Gasteiger partial charge in [0, 0.05) is 11.3 Å². The molecule has 4 nitrogen and oxygen atoms in total. The van der Waals surface area contributed by atoms with Crippen molar-refractivity contribution in [2.45, 2.75) is 47.0 Å². The third-order valence-corrected chi connectivity index (χ3v) is 6.23. The van der Waals surface area contributed by atoms with Gasteiger partial charge >= 0.3 is 0 Å². The van der Waals surface area contributed by atoms with Crippen LogP contribution >= 0.6 is 0 Å². The van der Waals surface area contributed by atoms with Crippen LogP contribution < -0.4 is 10.1 Å². The van der Waals surface area contributed by atoms with E-state index in [0.29, 0.717) is 17.0 Å². The molecular formula is C28H32FNO3. The normalized spacial score (nSPS) is 16.5. The fourth-order valence-electron chi connectivity index (χ4n) is 4.24. The molecule has 0 aliphatic heterocycles. The fourth-order valence-corrected chi connectivity index (χ4v) is 4.24. The summed E-state index contributed by atoms with van der Waals surface area (Å²) in [5.41, 5.74) is 3.96. The lowest BCUT2D eigenvalue weighted by molar-refractivity contribution is 0.102. The maximum atomic E-state index is 15.1. The summed E-state index contributed by atoms with van der Waals surface area (Å²) in [6.07, 6.45) is 7.11. The van der Waals surface area contributed by atoms with Crippen LogP contribution in [0.3, 0.4) is 0 Å². The average Bonchev–Trinajstić information content (AvgIpc) is 2.78. The summed E-state index contributed by atoms with van der Waals surface area (Å²) < 4.78 is 20.2. The van der Waals surface area contributed by atoms with E-state index in [9.17, 15) is 9.90 Å². The number of aromatic hydroxyl groups is 1. The van der Waals surface area contributed by atoms with Crippen LogP contribution in [0.2, 0.25) is 0 Å². The highest BCUT2D eigenvalue weighted by Crippen LogP contribution is 2.41. The summed E-state index contributed by atoms with van der Waals surface area (Å²) in [7, 11) is 1.57. The van der Waals surface area contributed by atoms with E-state index in [1.54, 1.807) is 44.4 Å². The molecule has 0 saturated carbocycles. The number of halogens is 1. The lowest BCUT2D eigenvalue weighted by Crippen LogP contribution is -2.19. The van der Waals surface area contributed by atoms with Crippen LogP contribution in [-0.2, 0) is 0 Å². The van der Waals surface area contributed by atoms with E-state index in [1.807, 2.05) is 6.08 Å². The van der Waals surface area contributed by atoms with Gasteiger partial charge in [0.15, 0.2) is 0 Å². The maximum absolute atomic E-state index is 15.1. The van der Waals surface area contributed by atoms with Gasteiger partial charge in [-0.25, -0.2) is 4.39 Å². The molecule has 1 aliphatic carbocycles. The molecule has 0 aromatic heterocycles. The summed E-state index contributed by atoms with van der Waals surface area (Å²) in [4.78, 5) is 12.5. The number of phenols is 1. The van der Waals surface area contributed by atoms with Crippen molar-refractivity contribution in [3.05, 3.63) is 82.5 Å². The molecule has 1 amide bonds. The van der Waals surface area contributed by atoms with Gasteiger partial charge in [0.05, 0.1) is 12.7 Å². The van der Waals surface area contributed by atoms with Crippen molar-refractivity contribution >= 4 is 17.4 Å². The minimum absolute atomic E-state index is 0.0618. The van der Waals surface area contributed by atoms with Crippen LogP contribution in [0.15, 0.2) is 71.3 Å². The Bertz CT molecular complexity index is 1120. The van der Waals surface area contributed by atoms with Crippen LogP contribution in [0, 0.1) is 5.41 Å². The topological polar surface area (TPSA) is 58.6 Å². The third kappa shape index (κ3) is 5.72. The molecule has 0 atom stereocenters. The molecule has 3 rings (SSSR count). The van der Waals surface area contributed by atoms with Gasteiger partial charge < -0.3 is 15.2 Å². The molecule has 0 bridgehead atoms.